The van der Waals surface area contributed by atoms with E-state index in [0.717, 1.165) is 5.39 Å². The van der Waals surface area contributed by atoms with E-state index in [2.05, 4.69) is 25.8 Å². The first-order valence-electron chi connectivity index (χ1n) is 8.59. The highest BCUT2D eigenvalue weighted by molar-refractivity contribution is 6.34. The Hall–Kier alpha value is -3.27. The second kappa shape index (κ2) is 10.4. The molecule has 7 nitrogen and oxygen atoms in total. The van der Waals surface area contributed by atoms with Gasteiger partial charge in [-0.15, -0.1) is 24.8 Å². The van der Waals surface area contributed by atoms with Crippen LogP contribution in [0.4, 0.5) is 20.3 Å². The van der Waals surface area contributed by atoms with Gasteiger partial charge in [0.15, 0.2) is 17.5 Å². The number of fused-ring (bicyclic) bond motifs is 1. The molecule has 0 spiro atoms. The van der Waals surface area contributed by atoms with E-state index in [1.807, 2.05) is 12.1 Å². The molecule has 0 aliphatic carbocycles. The summed E-state index contributed by atoms with van der Waals surface area (Å²) in [5, 5.41) is 12.0. The molecule has 0 aliphatic heterocycles. The molecule has 0 fully saturated rings. The molecule has 32 heavy (non-hydrogen) atoms. The molecule has 0 bridgehead atoms. The summed E-state index contributed by atoms with van der Waals surface area (Å²) in [6.45, 7) is 0. The third-order valence-corrected chi connectivity index (χ3v) is 4.51. The zero-order valence-corrected chi connectivity index (χ0v) is 18.2. The largest absolute Gasteiger partial charge is 0.319 e. The lowest BCUT2D eigenvalue weighted by molar-refractivity contribution is 0.101. The van der Waals surface area contributed by atoms with Crippen LogP contribution in [0.15, 0.2) is 54.7 Å². The minimum atomic E-state index is -1.21. The summed E-state index contributed by atoms with van der Waals surface area (Å²) in [6.07, 6.45) is 1.62. The molecule has 0 saturated heterocycles. The number of benzene rings is 2. The van der Waals surface area contributed by atoms with Crippen molar-refractivity contribution < 1.29 is 18.4 Å². The number of carbonyl (C=O) groups excluding carboxylic acids is 2. The normalized spacial score (nSPS) is 10.1. The van der Waals surface area contributed by atoms with Crippen molar-refractivity contribution in [1.29, 1.82) is 0 Å². The van der Waals surface area contributed by atoms with Gasteiger partial charge in [0.1, 0.15) is 5.69 Å². The predicted octanol–water partition coefficient (Wildman–Crippen LogP) is 5.24. The zero-order valence-electron chi connectivity index (χ0n) is 15.9. The Morgan fingerprint density at radius 2 is 1.66 bits per heavy atom. The van der Waals surface area contributed by atoms with Crippen LogP contribution in [0.1, 0.15) is 20.8 Å². The zero-order chi connectivity index (χ0) is 21.3. The van der Waals surface area contributed by atoms with Crippen molar-refractivity contribution in [2.75, 3.05) is 10.6 Å². The number of carbonyl (C=O) groups is 2. The summed E-state index contributed by atoms with van der Waals surface area (Å²) in [6, 6.07) is 11.7. The Morgan fingerprint density at radius 1 is 0.938 bits per heavy atom. The average Bonchev–Trinajstić information content (AvgIpc) is 3.19. The number of amides is 2. The van der Waals surface area contributed by atoms with E-state index in [0.29, 0.717) is 23.3 Å². The third kappa shape index (κ3) is 5.13. The third-order valence-electron chi connectivity index (χ3n) is 4.20. The number of aromatic amines is 1. The van der Waals surface area contributed by atoms with Crippen molar-refractivity contribution >= 4 is 70.6 Å². The molecular weight excluding hydrogens is 487 g/mol. The van der Waals surface area contributed by atoms with Gasteiger partial charge in [-0.3, -0.25) is 19.7 Å². The lowest BCUT2D eigenvalue weighted by atomic mass is 10.2. The van der Waals surface area contributed by atoms with Crippen molar-refractivity contribution in [1.82, 2.24) is 15.2 Å². The standard InChI is InChI=1S/C20H12ClF2N5O2.2ClH/c21-12-8-14(23)13(22)7-11(12)19(29)26-17-9-16(27-28-17)20(30)25-15-5-1-3-10-4-2-6-24-18(10)15;;/h1-9H,(H,25,30)(H2,26,27,28,29);2*1H. The molecule has 12 heteroatoms. The monoisotopic (exact) mass is 499 g/mol. The number of halogens is 5. The maximum Gasteiger partial charge on any atom is 0.273 e. The Bertz CT molecular complexity index is 1290. The Labute approximate surface area is 197 Å². The Morgan fingerprint density at radius 3 is 2.44 bits per heavy atom. The second-order valence-corrected chi connectivity index (χ2v) is 6.61. The number of hydrogen-bond donors (Lipinski definition) is 3. The summed E-state index contributed by atoms with van der Waals surface area (Å²) in [4.78, 5) is 29.1. The van der Waals surface area contributed by atoms with Gasteiger partial charge in [0, 0.05) is 17.6 Å². The fraction of sp³-hybridized carbons (Fsp3) is 0. The van der Waals surface area contributed by atoms with Gasteiger partial charge in [-0.2, -0.15) is 5.10 Å². The van der Waals surface area contributed by atoms with Crippen LogP contribution in [-0.4, -0.2) is 27.0 Å². The second-order valence-electron chi connectivity index (χ2n) is 6.20. The Kier molecular flexibility index (Phi) is 8.09. The number of anilines is 2. The first-order valence-corrected chi connectivity index (χ1v) is 8.96. The van der Waals surface area contributed by atoms with Gasteiger partial charge < -0.3 is 10.6 Å². The molecule has 4 aromatic rings. The number of hydrogen-bond acceptors (Lipinski definition) is 4. The van der Waals surface area contributed by atoms with E-state index in [1.165, 1.54) is 6.07 Å². The van der Waals surface area contributed by atoms with Gasteiger partial charge in [0.2, 0.25) is 0 Å². The Balaban J connectivity index is 0.00000181. The maximum absolute atomic E-state index is 13.4. The fourth-order valence-corrected chi connectivity index (χ4v) is 3.01. The molecule has 0 unspecified atom stereocenters. The van der Waals surface area contributed by atoms with E-state index in [4.69, 9.17) is 11.6 Å². The number of rotatable bonds is 4. The molecule has 2 heterocycles. The summed E-state index contributed by atoms with van der Waals surface area (Å²) >= 11 is 5.79. The van der Waals surface area contributed by atoms with E-state index >= 15 is 0 Å². The number of nitrogens with zero attached hydrogens (tertiary/aromatic N) is 2. The van der Waals surface area contributed by atoms with Gasteiger partial charge >= 0.3 is 0 Å². The predicted molar refractivity (Wildman–Crippen MR) is 122 cm³/mol. The van der Waals surface area contributed by atoms with Crippen LogP contribution in [0, 0.1) is 11.6 Å². The highest BCUT2D eigenvalue weighted by atomic mass is 35.5. The van der Waals surface area contributed by atoms with E-state index in [-0.39, 0.29) is 46.9 Å². The minimum absolute atomic E-state index is 0. The van der Waals surface area contributed by atoms with Crippen LogP contribution >= 0.6 is 36.4 Å². The lowest BCUT2D eigenvalue weighted by Gasteiger charge is -2.06. The van der Waals surface area contributed by atoms with Crippen molar-refractivity contribution in [3.05, 3.63) is 82.6 Å². The van der Waals surface area contributed by atoms with Crippen LogP contribution in [0.5, 0.6) is 0 Å². The number of para-hydroxylation sites is 1. The molecule has 3 N–H and O–H groups in total. The summed E-state index contributed by atoms with van der Waals surface area (Å²) in [5.41, 5.74) is 0.919. The van der Waals surface area contributed by atoms with Crippen LogP contribution in [0.2, 0.25) is 5.02 Å². The highest BCUT2D eigenvalue weighted by Gasteiger charge is 2.18. The van der Waals surface area contributed by atoms with Gasteiger partial charge in [0.25, 0.3) is 11.8 Å². The SMILES string of the molecule is Cl.Cl.O=C(Nc1cccc2cccnc12)c1cc(NC(=O)c2cc(F)c(F)cc2Cl)n[nH]1. The van der Waals surface area contributed by atoms with Crippen molar-refractivity contribution in [2.24, 2.45) is 0 Å². The molecule has 4 rings (SSSR count). The summed E-state index contributed by atoms with van der Waals surface area (Å²) < 4.78 is 26.6. The van der Waals surface area contributed by atoms with Crippen LogP contribution in [0.3, 0.4) is 0 Å². The van der Waals surface area contributed by atoms with Crippen LogP contribution < -0.4 is 10.6 Å². The first-order chi connectivity index (χ1) is 14.4. The quantitative estimate of drug-likeness (QED) is 0.334. The number of aromatic nitrogens is 3. The smallest absolute Gasteiger partial charge is 0.273 e. The van der Waals surface area contributed by atoms with Crippen LogP contribution in [-0.2, 0) is 0 Å². The first kappa shape index (κ1) is 25.0. The minimum Gasteiger partial charge on any atom is -0.319 e. The molecule has 2 amide bonds. The molecule has 166 valence electrons. The van der Waals surface area contributed by atoms with Gasteiger partial charge in [-0.05, 0) is 24.3 Å². The van der Waals surface area contributed by atoms with E-state index < -0.39 is 23.4 Å². The van der Waals surface area contributed by atoms with Crippen LogP contribution in [0.25, 0.3) is 10.9 Å². The van der Waals surface area contributed by atoms with E-state index in [9.17, 15) is 18.4 Å². The van der Waals surface area contributed by atoms with Crippen molar-refractivity contribution in [2.45, 2.75) is 0 Å². The number of nitrogens with one attached hydrogen (secondary N) is 3. The molecule has 0 atom stereocenters. The van der Waals surface area contributed by atoms with Gasteiger partial charge in [-0.25, -0.2) is 8.78 Å². The fourth-order valence-electron chi connectivity index (χ4n) is 2.78. The average molecular weight is 501 g/mol. The number of H-pyrrole nitrogens is 1. The maximum atomic E-state index is 13.4. The van der Waals surface area contributed by atoms with Gasteiger partial charge in [-0.1, -0.05) is 29.8 Å². The molecule has 2 aromatic heterocycles. The van der Waals surface area contributed by atoms with E-state index in [1.54, 1.807) is 24.4 Å². The lowest BCUT2D eigenvalue weighted by Crippen LogP contribution is -2.14. The molecule has 0 aliphatic rings. The van der Waals surface area contributed by atoms with Gasteiger partial charge in [0.05, 0.1) is 21.8 Å². The summed E-state index contributed by atoms with van der Waals surface area (Å²) in [5.74, 6) is -3.70. The highest BCUT2D eigenvalue weighted by Crippen LogP contribution is 2.23. The molecule has 2 aromatic carbocycles. The number of pyridine rings is 1. The van der Waals surface area contributed by atoms with Crippen molar-refractivity contribution in [3.8, 4) is 0 Å². The van der Waals surface area contributed by atoms with Crippen molar-refractivity contribution in [3.63, 3.8) is 0 Å². The molecular formula is C20H14Cl3F2N5O2. The topological polar surface area (TPSA) is 99.8 Å². The molecule has 0 radical (unpaired) electrons. The summed E-state index contributed by atoms with van der Waals surface area (Å²) in [7, 11) is 0. The molecule has 0 saturated carbocycles.